The molecule has 1 aliphatic rings. The Labute approximate surface area is 206 Å². The van der Waals surface area contributed by atoms with Gasteiger partial charge in [-0.15, -0.1) is 0 Å². The lowest BCUT2D eigenvalue weighted by atomic mass is 10.1. The van der Waals surface area contributed by atoms with Gasteiger partial charge in [-0.3, -0.25) is 23.2 Å². The van der Waals surface area contributed by atoms with E-state index in [2.05, 4.69) is 15.3 Å². The van der Waals surface area contributed by atoms with Gasteiger partial charge in [-0.2, -0.15) is 0 Å². The number of anilines is 1. The summed E-state index contributed by atoms with van der Waals surface area (Å²) in [4.78, 5) is 30.6. The highest BCUT2D eigenvalue weighted by molar-refractivity contribution is 6.42. The van der Waals surface area contributed by atoms with Gasteiger partial charge < -0.3 is 25.6 Å². The fourth-order valence-corrected chi connectivity index (χ4v) is 3.83. The van der Waals surface area contributed by atoms with Crippen molar-refractivity contribution in [2.24, 2.45) is 10.7 Å². The number of allylic oxidation sites excluding steroid dienone is 2. The number of aliphatic imine (C=N–C) groups is 1. The smallest absolute Gasteiger partial charge is 0.480 e. The van der Waals surface area contributed by atoms with Gasteiger partial charge in [-0.05, 0) is 73.0 Å². The van der Waals surface area contributed by atoms with Crippen LogP contribution in [0.2, 0.25) is 0 Å². The Bertz CT molecular complexity index is 1330. The first-order valence-corrected chi connectivity index (χ1v) is 11.3. The van der Waals surface area contributed by atoms with E-state index in [4.69, 9.17) is 10.8 Å². The summed E-state index contributed by atoms with van der Waals surface area (Å²) in [6.45, 7) is 0. The summed E-state index contributed by atoms with van der Waals surface area (Å²) < 4.78 is 28.4. The van der Waals surface area contributed by atoms with Gasteiger partial charge in [-0.1, -0.05) is 12.1 Å². The molecule has 0 spiro atoms. The molecule has 3 heterocycles. The van der Waals surface area contributed by atoms with E-state index in [9.17, 15) is 18.2 Å². The second-order valence-electron chi connectivity index (χ2n) is 8.27. The van der Waals surface area contributed by atoms with E-state index in [-0.39, 0.29) is 18.7 Å². The van der Waals surface area contributed by atoms with Crippen molar-refractivity contribution in [2.75, 3.05) is 5.32 Å². The number of hydrogen-bond acceptors (Lipinski definition) is 4. The van der Waals surface area contributed by atoms with Crippen molar-refractivity contribution >= 4 is 36.8 Å². The standard InChI is InChI=1S/C25H24BF2N5O3/c27-26(28)33-20(10-11-23(33)22-2-1-13-30-22)15-19-8-7-17(31-19)9-12-24(34)32-18-5-3-16(4-6-18)14-21(29)25(35)36/h1-8,10-11,13,15,21,30H,9,12,14,29H2,(H,32,34)(H,35,36)/b19-15-/t21-/m0/s1. The number of nitrogens with one attached hydrogen (secondary N) is 2. The monoisotopic (exact) mass is 491 g/mol. The van der Waals surface area contributed by atoms with Gasteiger partial charge in [0.25, 0.3) is 0 Å². The number of H-pyrrole nitrogens is 1. The molecule has 0 unspecified atom stereocenters. The molecule has 11 heteroatoms. The molecule has 0 radical (unpaired) electrons. The highest BCUT2D eigenvalue weighted by Crippen LogP contribution is 2.25. The maximum absolute atomic E-state index is 13.8. The average molecular weight is 491 g/mol. The predicted octanol–water partition coefficient (Wildman–Crippen LogP) is 3.98. The summed E-state index contributed by atoms with van der Waals surface area (Å²) in [5.41, 5.74) is 9.37. The van der Waals surface area contributed by atoms with Gasteiger partial charge in [0.1, 0.15) is 6.04 Å². The van der Waals surface area contributed by atoms with E-state index in [0.29, 0.717) is 40.6 Å². The lowest BCUT2D eigenvalue weighted by molar-refractivity contribution is -0.138. The minimum atomic E-state index is -2.72. The Morgan fingerprint density at radius 1 is 1.17 bits per heavy atom. The first-order valence-electron chi connectivity index (χ1n) is 11.3. The van der Waals surface area contributed by atoms with E-state index in [1.807, 2.05) is 0 Å². The quantitative estimate of drug-likeness (QED) is 0.320. The van der Waals surface area contributed by atoms with Gasteiger partial charge in [0, 0.05) is 29.7 Å². The lowest BCUT2D eigenvalue weighted by Crippen LogP contribution is -2.32. The normalized spacial score (nSPS) is 14.6. The van der Waals surface area contributed by atoms with Crippen LogP contribution in [0.15, 0.2) is 77.6 Å². The number of halogens is 2. The molecule has 36 heavy (non-hydrogen) atoms. The van der Waals surface area contributed by atoms with Crippen LogP contribution in [-0.2, 0) is 16.0 Å². The third-order valence-electron chi connectivity index (χ3n) is 5.65. The van der Waals surface area contributed by atoms with Gasteiger partial charge in [0.05, 0.1) is 17.1 Å². The van der Waals surface area contributed by atoms with E-state index < -0.39 is 19.4 Å². The molecule has 0 aliphatic carbocycles. The van der Waals surface area contributed by atoms with Crippen molar-refractivity contribution in [3.8, 4) is 11.4 Å². The number of nitrogens with two attached hydrogens (primary N) is 1. The zero-order valence-corrected chi connectivity index (χ0v) is 19.2. The largest absolute Gasteiger partial charge is 0.678 e. The summed E-state index contributed by atoms with van der Waals surface area (Å²) in [6.07, 6.45) is 7.52. The molecule has 0 bridgehead atoms. The summed E-state index contributed by atoms with van der Waals surface area (Å²) in [6, 6.07) is 12.6. The Kier molecular flexibility index (Phi) is 7.60. The number of rotatable bonds is 10. The molecule has 184 valence electrons. The highest BCUT2D eigenvalue weighted by Gasteiger charge is 2.24. The van der Waals surface area contributed by atoms with Crippen LogP contribution in [-0.4, -0.2) is 45.6 Å². The molecule has 1 amide bonds. The van der Waals surface area contributed by atoms with E-state index >= 15 is 0 Å². The number of carboxylic acid groups (broad SMARTS) is 1. The number of amides is 1. The van der Waals surface area contributed by atoms with Crippen LogP contribution in [0.5, 0.6) is 0 Å². The van der Waals surface area contributed by atoms with Crippen LogP contribution in [0.1, 0.15) is 24.1 Å². The van der Waals surface area contributed by atoms with Crippen molar-refractivity contribution in [1.29, 1.82) is 0 Å². The molecule has 4 rings (SSSR count). The van der Waals surface area contributed by atoms with Gasteiger partial charge in [-0.25, -0.2) is 0 Å². The SMILES string of the molecule is N[C@@H](Cc1ccc(NC(=O)CCC2=N/C(=C\c3ccc(-c4ccc[nH]4)n3B(F)F)C=C2)cc1)C(=O)O. The first-order chi connectivity index (χ1) is 17.3. The zero-order chi connectivity index (χ0) is 25.7. The van der Waals surface area contributed by atoms with Crippen LogP contribution in [0.4, 0.5) is 14.3 Å². The van der Waals surface area contributed by atoms with Gasteiger partial charge >= 0.3 is 13.4 Å². The highest BCUT2D eigenvalue weighted by atomic mass is 19.2. The van der Waals surface area contributed by atoms with E-state index in [1.165, 1.54) is 0 Å². The zero-order valence-electron chi connectivity index (χ0n) is 19.2. The third kappa shape index (κ3) is 6.05. The molecule has 1 aliphatic heterocycles. The Morgan fingerprint density at radius 3 is 2.61 bits per heavy atom. The number of carboxylic acids is 1. The lowest BCUT2D eigenvalue weighted by Gasteiger charge is -2.08. The maximum Gasteiger partial charge on any atom is 0.678 e. The molecular weight excluding hydrogens is 467 g/mol. The van der Waals surface area contributed by atoms with Crippen LogP contribution < -0.4 is 11.1 Å². The van der Waals surface area contributed by atoms with Gasteiger partial charge in [0.2, 0.25) is 5.91 Å². The van der Waals surface area contributed by atoms with Crippen LogP contribution in [0.3, 0.4) is 0 Å². The molecular formula is C25H24BF2N5O3. The second kappa shape index (κ2) is 11.0. The second-order valence-corrected chi connectivity index (χ2v) is 8.27. The minimum Gasteiger partial charge on any atom is -0.480 e. The van der Waals surface area contributed by atoms with Crippen molar-refractivity contribution in [3.63, 3.8) is 0 Å². The molecule has 0 fully saturated rings. The Hall–Kier alpha value is -4.25. The molecule has 1 atom stereocenters. The summed E-state index contributed by atoms with van der Waals surface area (Å²) in [5.74, 6) is -1.28. The third-order valence-corrected chi connectivity index (χ3v) is 5.65. The van der Waals surface area contributed by atoms with Crippen molar-refractivity contribution < 1.29 is 23.3 Å². The topological polar surface area (TPSA) is 125 Å². The molecule has 5 N–H and O–H groups in total. The van der Waals surface area contributed by atoms with Crippen molar-refractivity contribution in [1.82, 2.24) is 9.46 Å². The number of hydrogen-bond donors (Lipinski definition) is 4. The predicted molar refractivity (Wildman–Crippen MR) is 136 cm³/mol. The average Bonchev–Trinajstić information content (AvgIpc) is 3.60. The number of nitrogens with zero attached hydrogens (tertiary/aromatic N) is 2. The van der Waals surface area contributed by atoms with E-state index in [1.54, 1.807) is 73.0 Å². The summed E-state index contributed by atoms with van der Waals surface area (Å²) in [7, 11) is -2.72. The minimum absolute atomic E-state index is 0.187. The Balaban J connectivity index is 1.34. The Morgan fingerprint density at radius 2 is 1.94 bits per heavy atom. The first kappa shape index (κ1) is 24.9. The number of carbonyl (C=O) groups is 2. The number of benzene rings is 1. The molecule has 0 saturated heterocycles. The maximum atomic E-state index is 13.8. The fraction of sp³-hybridized carbons (Fsp3) is 0.160. The molecule has 2 aromatic heterocycles. The van der Waals surface area contributed by atoms with Crippen LogP contribution in [0.25, 0.3) is 17.5 Å². The van der Waals surface area contributed by atoms with Crippen molar-refractivity contribution in [3.05, 3.63) is 83.8 Å². The summed E-state index contributed by atoms with van der Waals surface area (Å²) in [5, 5.41) is 11.7. The summed E-state index contributed by atoms with van der Waals surface area (Å²) >= 11 is 0. The number of aromatic amines is 1. The molecule has 8 nitrogen and oxygen atoms in total. The van der Waals surface area contributed by atoms with Gasteiger partial charge in [0.15, 0.2) is 0 Å². The van der Waals surface area contributed by atoms with Crippen molar-refractivity contribution in [2.45, 2.75) is 25.3 Å². The molecule has 0 saturated carbocycles. The van der Waals surface area contributed by atoms with Crippen LogP contribution >= 0.6 is 0 Å². The number of aromatic nitrogens is 2. The van der Waals surface area contributed by atoms with E-state index in [0.717, 1.165) is 10.0 Å². The molecule has 1 aromatic carbocycles. The number of aliphatic carboxylic acids is 1. The molecule has 3 aromatic rings. The number of carbonyl (C=O) groups excluding carboxylic acids is 1. The fourth-order valence-electron chi connectivity index (χ4n) is 3.83. The van der Waals surface area contributed by atoms with Crippen LogP contribution in [0, 0.1) is 0 Å².